The van der Waals surface area contributed by atoms with E-state index in [1.165, 1.54) is 22.5 Å². The van der Waals surface area contributed by atoms with Crippen LogP contribution in [0.3, 0.4) is 0 Å². The highest BCUT2D eigenvalue weighted by Crippen LogP contribution is 2.28. The van der Waals surface area contributed by atoms with Crippen LogP contribution in [-0.4, -0.2) is 22.2 Å². The van der Waals surface area contributed by atoms with Crippen molar-refractivity contribution in [2.45, 2.75) is 43.9 Å². The molecular weight excluding hydrogens is 390 g/mol. The van der Waals surface area contributed by atoms with Gasteiger partial charge in [0.1, 0.15) is 5.75 Å². The van der Waals surface area contributed by atoms with Gasteiger partial charge in [0.15, 0.2) is 10.4 Å². The maximum Gasteiger partial charge on any atom is 0.266 e. The van der Waals surface area contributed by atoms with Crippen molar-refractivity contribution >= 4 is 34.1 Å². The van der Waals surface area contributed by atoms with Crippen LogP contribution in [0.15, 0.2) is 46.8 Å². The minimum Gasteiger partial charge on any atom is -0.481 e. The fraction of sp³-hybridized carbons (Fsp3) is 0.286. The molecule has 1 N–H and O–H groups in total. The van der Waals surface area contributed by atoms with Crippen molar-refractivity contribution < 1.29 is 9.53 Å². The summed E-state index contributed by atoms with van der Waals surface area (Å²) < 4.78 is 6.59. The van der Waals surface area contributed by atoms with Gasteiger partial charge in [-0.15, -0.1) is 10.2 Å². The molecule has 1 atom stereocenters. The molecule has 0 aliphatic carbocycles. The van der Waals surface area contributed by atoms with Crippen molar-refractivity contribution in [3.8, 4) is 5.75 Å². The van der Waals surface area contributed by atoms with Crippen LogP contribution in [0.1, 0.15) is 29.2 Å². The lowest BCUT2D eigenvalue weighted by molar-refractivity contribution is -0.122. The van der Waals surface area contributed by atoms with Gasteiger partial charge in [-0.25, -0.2) is 0 Å². The number of aromatic nitrogens is 2. The Labute approximate surface area is 173 Å². The number of ether oxygens (including phenoxy) is 1. The van der Waals surface area contributed by atoms with Crippen molar-refractivity contribution in [2.75, 3.05) is 5.32 Å². The number of anilines is 1. The summed E-state index contributed by atoms with van der Waals surface area (Å²) in [5.41, 5.74) is 4.67. The number of carbonyl (C=O) groups excluding carboxylic acids is 1. The van der Waals surface area contributed by atoms with Gasteiger partial charge in [0, 0.05) is 5.75 Å². The summed E-state index contributed by atoms with van der Waals surface area (Å²) in [7, 11) is 0. The Bertz CT molecular complexity index is 934. The Balaban J connectivity index is 1.53. The van der Waals surface area contributed by atoms with E-state index in [-0.39, 0.29) is 5.91 Å². The first-order valence-electron chi connectivity index (χ1n) is 8.97. The van der Waals surface area contributed by atoms with Gasteiger partial charge in [-0.2, -0.15) is 0 Å². The molecule has 1 amide bonds. The molecule has 3 rings (SSSR count). The molecule has 5 nitrogen and oxygen atoms in total. The number of amides is 1. The van der Waals surface area contributed by atoms with Crippen molar-refractivity contribution in [3.05, 3.63) is 64.7 Å². The highest BCUT2D eigenvalue weighted by atomic mass is 32.2. The van der Waals surface area contributed by atoms with Crippen LogP contribution >= 0.6 is 23.1 Å². The first kappa shape index (κ1) is 20.4. The molecule has 3 aromatic rings. The molecule has 28 heavy (non-hydrogen) atoms. The molecule has 0 saturated heterocycles. The van der Waals surface area contributed by atoms with Crippen LogP contribution in [0.4, 0.5) is 5.13 Å². The smallest absolute Gasteiger partial charge is 0.266 e. The standard InChI is InChI=1S/C21H23N3O2S2/c1-13-5-7-17(8-6-13)12-27-21-24-23-20(28-21)22-19(25)16(4)26-18-10-14(2)9-15(3)11-18/h5-11,16H,12H2,1-4H3,(H,22,23,25). The summed E-state index contributed by atoms with van der Waals surface area (Å²) in [6, 6.07) is 14.3. The van der Waals surface area contributed by atoms with Gasteiger partial charge in [-0.05, 0) is 56.5 Å². The number of nitrogens with zero attached hydrogens (tertiary/aromatic N) is 2. The third-order valence-corrected chi connectivity index (χ3v) is 6.04. The molecule has 146 valence electrons. The second-order valence-corrected chi connectivity index (χ2v) is 8.92. The molecule has 0 aliphatic rings. The third kappa shape index (κ3) is 5.81. The van der Waals surface area contributed by atoms with Crippen LogP contribution in [0.2, 0.25) is 0 Å². The molecule has 2 aromatic carbocycles. The Hall–Kier alpha value is -2.38. The van der Waals surface area contributed by atoms with E-state index in [2.05, 4.69) is 52.8 Å². The monoisotopic (exact) mass is 413 g/mol. The molecule has 0 saturated carbocycles. The van der Waals surface area contributed by atoms with E-state index in [9.17, 15) is 4.79 Å². The highest BCUT2D eigenvalue weighted by Gasteiger charge is 2.17. The fourth-order valence-corrected chi connectivity index (χ4v) is 4.32. The first-order valence-corrected chi connectivity index (χ1v) is 10.8. The first-order chi connectivity index (χ1) is 13.4. The number of thioether (sulfide) groups is 1. The number of nitrogens with one attached hydrogen (secondary N) is 1. The van der Waals surface area contributed by atoms with Crippen molar-refractivity contribution in [1.82, 2.24) is 10.2 Å². The van der Waals surface area contributed by atoms with Gasteiger partial charge in [0.05, 0.1) is 0 Å². The van der Waals surface area contributed by atoms with E-state index in [1.54, 1.807) is 18.7 Å². The summed E-state index contributed by atoms with van der Waals surface area (Å²) in [5.74, 6) is 1.26. The maximum atomic E-state index is 12.4. The largest absolute Gasteiger partial charge is 0.481 e. The van der Waals surface area contributed by atoms with Gasteiger partial charge in [0.25, 0.3) is 5.91 Å². The molecule has 0 bridgehead atoms. The van der Waals surface area contributed by atoms with Crippen LogP contribution in [0.25, 0.3) is 0 Å². The maximum absolute atomic E-state index is 12.4. The Morgan fingerprint density at radius 1 is 1.07 bits per heavy atom. The Morgan fingerprint density at radius 2 is 1.75 bits per heavy atom. The predicted molar refractivity (Wildman–Crippen MR) is 115 cm³/mol. The van der Waals surface area contributed by atoms with E-state index in [0.717, 1.165) is 21.2 Å². The number of hydrogen-bond donors (Lipinski definition) is 1. The lowest BCUT2D eigenvalue weighted by atomic mass is 10.1. The van der Waals surface area contributed by atoms with Crippen LogP contribution in [0.5, 0.6) is 5.75 Å². The van der Waals surface area contributed by atoms with E-state index in [0.29, 0.717) is 10.9 Å². The normalized spacial score (nSPS) is 11.9. The second-order valence-electron chi connectivity index (χ2n) is 6.72. The number of aryl methyl sites for hydroxylation is 3. The van der Waals surface area contributed by atoms with Crippen LogP contribution in [-0.2, 0) is 10.5 Å². The zero-order chi connectivity index (χ0) is 20.1. The molecule has 0 fully saturated rings. The Kier molecular flexibility index (Phi) is 6.70. The minimum absolute atomic E-state index is 0.245. The summed E-state index contributed by atoms with van der Waals surface area (Å²) in [6.45, 7) is 7.80. The van der Waals surface area contributed by atoms with Crippen LogP contribution in [0, 0.1) is 20.8 Å². The Morgan fingerprint density at radius 3 is 2.43 bits per heavy atom. The summed E-state index contributed by atoms with van der Waals surface area (Å²) in [6.07, 6.45) is -0.631. The van der Waals surface area contributed by atoms with E-state index in [4.69, 9.17) is 4.74 Å². The summed E-state index contributed by atoms with van der Waals surface area (Å²) in [5, 5.41) is 11.5. The number of benzene rings is 2. The minimum atomic E-state index is -0.631. The van der Waals surface area contributed by atoms with Gasteiger partial charge >= 0.3 is 0 Å². The SMILES string of the molecule is Cc1ccc(CSc2nnc(NC(=O)C(C)Oc3cc(C)cc(C)c3)s2)cc1. The van der Waals surface area contributed by atoms with Gasteiger partial charge < -0.3 is 4.74 Å². The van der Waals surface area contributed by atoms with Gasteiger partial charge in [0.2, 0.25) is 5.13 Å². The lowest BCUT2D eigenvalue weighted by Crippen LogP contribution is -2.30. The van der Waals surface area contributed by atoms with Gasteiger partial charge in [-0.1, -0.05) is 59.0 Å². The van der Waals surface area contributed by atoms with Crippen molar-refractivity contribution in [3.63, 3.8) is 0 Å². The van der Waals surface area contributed by atoms with Crippen molar-refractivity contribution in [1.29, 1.82) is 0 Å². The molecule has 1 unspecified atom stereocenters. The molecule has 7 heteroatoms. The molecule has 1 aromatic heterocycles. The zero-order valence-electron chi connectivity index (χ0n) is 16.4. The lowest BCUT2D eigenvalue weighted by Gasteiger charge is -2.14. The molecule has 0 radical (unpaired) electrons. The molecule has 0 aliphatic heterocycles. The van der Waals surface area contributed by atoms with E-state index in [1.807, 2.05) is 26.0 Å². The third-order valence-electron chi connectivity index (χ3n) is 4.00. The second kappa shape index (κ2) is 9.21. The predicted octanol–water partition coefficient (Wildman–Crippen LogP) is 5.16. The van der Waals surface area contributed by atoms with E-state index < -0.39 is 6.10 Å². The summed E-state index contributed by atoms with van der Waals surface area (Å²) in [4.78, 5) is 12.4. The average Bonchev–Trinajstić information content (AvgIpc) is 3.07. The zero-order valence-corrected chi connectivity index (χ0v) is 18.0. The van der Waals surface area contributed by atoms with E-state index >= 15 is 0 Å². The number of rotatable bonds is 7. The quantitative estimate of drug-likeness (QED) is 0.428. The van der Waals surface area contributed by atoms with Crippen molar-refractivity contribution in [2.24, 2.45) is 0 Å². The average molecular weight is 414 g/mol. The van der Waals surface area contributed by atoms with Crippen LogP contribution < -0.4 is 10.1 Å². The number of carbonyl (C=O) groups is 1. The molecule has 0 spiro atoms. The fourth-order valence-electron chi connectivity index (χ4n) is 2.61. The highest BCUT2D eigenvalue weighted by molar-refractivity contribution is 8.00. The topological polar surface area (TPSA) is 64.1 Å². The van der Waals surface area contributed by atoms with Gasteiger partial charge in [-0.3, -0.25) is 10.1 Å². The number of hydrogen-bond acceptors (Lipinski definition) is 6. The summed E-state index contributed by atoms with van der Waals surface area (Å²) >= 11 is 2.97. The molecular formula is C21H23N3O2S2. The molecule has 1 heterocycles.